The zero-order valence-corrected chi connectivity index (χ0v) is 10.9. The predicted octanol–water partition coefficient (Wildman–Crippen LogP) is 3.16. The summed E-state index contributed by atoms with van der Waals surface area (Å²) < 4.78 is 18.7. The number of hydrogen-bond acceptors (Lipinski definition) is 3. The van der Waals surface area contributed by atoms with Gasteiger partial charge >= 0.3 is 0 Å². The molecule has 0 aliphatic rings. The highest BCUT2D eigenvalue weighted by molar-refractivity contribution is 5.35. The second kappa shape index (κ2) is 5.80. The maximum atomic E-state index is 13.1. The summed E-state index contributed by atoms with van der Waals surface area (Å²) in [6.07, 6.45) is -0.781. The number of nitrogens with zero attached hydrogens (tertiary/aromatic N) is 1. The minimum Gasteiger partial charge on any atom is -0.487 e. The fourth-order valence-electron chi connectivity index (χ4n) is 1.81. The Morgan fingerprint density at radius 1 is 1.32 bits per heavy atom. The standard InChI is InChI=1S/C15H16FNO2/c1-10-4-3-5-13(17-10)9-19-15-7-6-12(16)8-14(15)11(2)18/h3-8,11,18H,9H2,1-2H3/t11-/m0/s1. The van der Waals surface area contributed by atoms with Crippen LogP contribution in [0.4, 0.5) is 4.39 Å². The number of aliphatic hydroxyl groups excluding tert-OH is 1. The minimum atomic E-state index is -0.781. The molecule has 0 bridgehead atoms. The molecule has 1 atom stereocenters. The Kier molecular flexibility index (Phi) is 4.12. The van der Waals surface area contributed by atoms with Crippen molar-refractivity contribution in [1.82, 2.24) is 4.98 Å². The van der Waals surface area contributed by atoms with Gasteiger partial charge in [0.1, 0.15) is 18.2 Å². The Balaban J connectivity index is 2.15. The molecule has 0 spiro atoms. The summed E-state index contributed by atoms with van der Waals surface area (Å²) in [5.74, 6) is 0.0802. The average Bonchev–Trinajstić information content (AvgIpc) is 2.37. The summed E-state index contributed by atoms with van der Waals surface area (Å²) in [6, 6.07) is 9.78. The van der Waals surface area contributed by atoms with Crippen molar-refractivity contribution < 1.29 is 14.2 Å². The first-order chi connectivity index (χ1) is 9.06. The summed E-state index contributed by atoms with van der Waals surface area (Å²) in [4.78, 5) is 4.32. The Morgan fingerprint density at radius 2 is 2.11 bits per heavy atom. The molecule has 0 saturated carbocycles. The molecule has 0 radical (unpaired) electrons. The predicted molar refractivity (Wildman–Crippen MR) is 70.3 cm³/mol. The lowest BCUT2D eigenvalue weighted by molar-refractivity contribution is 0.189. The third-order valence-corrected chi connectivity index (χ3v) is 2.74. The lowest BCUT2D eigenvalue weighted by atomic mass is 10.1. The van der Waals surface area contributed by atoms with Crippen LogP contribution in [0.25, 0.3) is 0 Å². The maximum Gasteiger partial charge on any atom is 0.130 e. The molecule has 1 aromatic carbocycles. The van der Waals surface area contributed by atoms with Crippen LogP contribution >= 0.6 is 0 Å². The first-order valence-corrected chi connectivity index (χ1v) is 6.09. The van der Waals surface area contributed by atoms with Gasteiger partial charge in [0.05, 0.1) is 11.8 Å². The Bertz CT molecular complexity index is 570. The van der Waals surface area contributed by atoms with Gasteiger partial charge in [-0.15, -0.1) is 0 Å². The molecule has 1 heterocycles. The van der Waals surface area contributed by atoms with E-state index >= 15 is 0 Å². The van der Waals surface area contributed by atoms with E-state index in [0.717, 1.165) is 11.4 Å². The molecule has 0 fully saturated rings. The normalized spacial score (nSPS) is 12.2. The summed E-state index contributed by atoms with van der Waals surface area (Å²) in [5, 5.41) is 9.61. The second-order valence-corrected chi connectivity index (χ2v) is 4.42. The molecule has 0 amide bonds. The first kappa shape index (κ1) is 13.5. The highest BCUT2D eigenvalue weighted by atomic mass is 19.1. The van der Waals surface area contributed by atoms with Crippen molar-refractivity contribution >= 4 is 0 Å². The molecular weight excluding hydrogens is 245 g/mol. The third-order valence-electron chi connectivity index (χ3n) is 2.74. The van der Waals surface area contributed by atoms with Crippen LogP contribution in [0, 0.1) is 12.7 Å². The topological polar surface area (TPSA) is 42.4 Å². The van der Waals surface area contributed by atoms with E-state index in [4.69, 9.17) is 4.74 Å². The van der Waals surface area contributed by atoms with Crippen molar-refractivity contribution in [3.05, 3.63) is 59.2 Å². The first-order valence-electron chi connectivity index (χ1n) is 6.09. The number of rotatable bonds is 4. The Hall–Kier alpha value is -1.94. The van der Waals surface area contributed by atoms with Crippen molar-refractivity contribution in [3.63, 3.8) is 0 Å². The van der Waals surface area contributed by atoms with Crippen LogP contribution < -0.4 is 4.74 Å². The van der Waals surface area contributed by atoms with Crippen LogP contribution in [0.15, 0.2) is 36.4 Å². The van der Waals surface area contributed by atoms with E-state index in [1.807, 2.05) is 25.1 Å². The summed E-state index contributed by atoms with van der Waals surface area (Å²) in [6.45, 7) is 3.77. The number of ether oxygens (including phenoxy) is 1. The van der Waals surface area contributed by atoms with Crippen LogP contribution in [0.2, 0.25) is 0 Å². The molecule has 2 rings (SSSR count). The Morgan fingerprint density at radius 3 is 2.79 bits per heavy atom. The smallest absolute Gasteiger partial charge is 0.130 e. The van der Waals surface area contributed by atoms with Gasteiger partial charge in [0.2, 0.25) is 0 Å². The van der Waals surface area contributed by atoms with Crippen LogP contribution in [0.3, 0.4) is 0 Å². The number of aryl methyl sites for hydroxylation is 1. The summed E-state index contributed by atoms with van der Waals surface area (Å²) >= 11 is 0. The molecule has 100 valence electrons. The van der Waals surface area contributed by atoms with E-state index in [0.29, 0.717) is 11.3 Å². The molecule has 3 nitrogen and oxygen atoms in total. The highest BCUT2D eigenvalue weighted by Crippen LogP contribution is 2.26. The number of halogens is 1. The third kappa shape index (κ3) is 3.51. The highest BCUT2D eigenvalue weighted by Gasteiger charge is 2.11. The van der Waals surface area contributed by atoms with E-state index in [2.05, 4.69) is 4.98 Å². The van der Waals surface area contributed by atoms with Gasteiger partial charge in [0.25, 0.3) is 0 Å². The Labute approximate surface area is 111 Å². The average molecular weight is 261 g/mol. The molecule has 1 aromatic heterocycles. The van der Waals surface area contributed by atoms with Gasteiger partial charge in [-0.3, -0.25) is 4.98 Å². The molecule has 1 N–H and O–H groups in total. The molecule has 0 unspecified atom stereocenters. The van der Waals surface area contributed by atoms with Crippen molar-refractivity contribution in [3.8, 4) is 5.75 Å². The van der Waals surface area contributed by atoms with Crippen molar-refractivity contribution in [1.29, 1.82) is 0 Å². The molecule has 4 heteroatoms. The van der Waals surface area contributed by atoms with Gasteiger partial charge < -0.3 is 9.84 Å². The van der Waals surface area contributed by atoms with Gasteiger partial charge in [-0.2, -0.15) is 0 Å². The van der Waals surface area contributed by atoms with Gasteiger partial charge in [0.15, 0.2) is 0 Å². The van der Waals surface area contributed by atoms with E-state index in [1.54, 1.807) is 6.92 Å². The molecular formula is C15H16FNO2. The van der Waals surface area contributed by atoms with E-state index < -0.39 is 11.9 Å². The SMILES string of the molecule is Cc1cccc(COc2ccc(F)cc2[C@H](C)O)n1. The number of benzene rings is 1. The van der Waals surface area contributed by atoms with Crippen molar-refractivity contribution in [2.75, 3.05) is 0 Å². The van der Waals surface area contributed by atoms with Crippen LogP contribution in [0.1, 0.15) is 30.0 Å². The van der Waals surface area contributed by atoms with Crippen LogP contribution in [-0.4, -0.2) is 10.1 Å². The molecule has 0 aliphatic carbocycles. The summed E-state index contributed by atoms with van der Waals surface area (Å²) in [5.41, 5.74) is 2.14. The number of pyridine rings is 1. The maximum absolute atomic E-state index is 13.1. The molecule has 2 aromatic rings. The van der Waals surface area contributed by atoms with E-state index in [-0.39, 0.29) is 6.61 Å². The number of aromatic nitrogens is 1. The lowest BCUT2D eigenvalue weighted by Gasteiger charge is -2.13. The molecule has 0 aliphatic heterocycles. The summed E-state index contributed by atoms with van der Waals surface area (Å²) in [7, 11) is 0. The number of hydrogen-bond donors (Lipinski definition) is 1. The molecule has 0 saturated heterocycles. The van der Waals surface area contributed by atoms with Gasteiger partial charge in [-0.1, -0.05) is 6.07 Å². The van der Waals surface area contributed by atoms with Gasteiger partial charge in [0, 0.05) is 11.3 Å². The van der Waals surface area contributed by atoms with Crippen molar-refractivity contribution in [2.24, 2.45) is 0 Å². The quantitative estimate of drug-likeness (QED) is 0.919. The largest absolute Gasteiger partial charge is 0.487 e. The second-order valence-electron chi connectivity index (χ2n) is 4.42. The number of aliphatic hydroxyl groups is 1. The fourth-order valence-corrected chi connectivity index (χ4v) is 1.81. The van der Waals surface area contributed by atoms with Gasteiger partial charge in [-0.05, 0) is 44.2 Å². The van der Waals surface area contributed by atoms with Crippen LogP contribution in [-0.2, 0) is 6.61 Å². The van der Waals surface area contributed by atoms with E-state index in [1.165, 1.54) is 18.2 Å². The minimum absolute atomic E-state index is 0.285. The van der Waals surface area contributed by atoms with Crippen LogP contribution in [0.5, 0.6) is 5.75 Å². The van der Waals surface area contributed by atoms with Gasteiger partial charge in [-0.25, -0.2) is 4.39 Å². The zero-order valence-electron chi connectivity index (χ0n) is 10.9. The zero-order chi connectivity index (χ0) is 13.8. The van der Waals surface area contributed by atoms with E-state index in [9.17, 15) is 9.50 Å². The van der Waals surface area contributed by atoms with Crippen molar-refractivity contribution in [2.45, 2.75) is 26.6 Å². The lowest BCUT2D eigenvalue weighted by Crippen LogP contribution is -2.03. The fraction of sp³-hybridized carbons (Fsp3) is 0.267. The molecule has 19 heavy (non-hydrogen) atoms. The monoisotopic (exact) mass is 261 g/mol.